The van der Waals surface area contributed by atoms with Gasteiger partial charge in [0.15, 0.2) is 5.96 Å². The third-order valence-corrected chi connectivity index (χ3v) is 4.10. The lowest BCUT2D eigenvalue weighted by molar-refractivity contribution is 0.178. The molecule has 1 rings (SSSR count). The normalized spacial score (nSPS) is 12.5. The van der Waals surface area contributed by atoms with Gasteiger partial charge in [0.25, 0.3) is 0 Å². The minimum atomic E-state index is 0.567. The van der Waals surface area contributed by atoms with Crippen LogP contribution in [-0.2, 0) is 6.54 Å². The molecular formula is C15H28N4S. The first kappa shape index (κ1) is 17.0. The second-order valence-corrected chi connectivity index (χ2v) is 6.39. The maximum absolute atomic E-state index is 4.25. The Morgan fingerprint density at radius 2 is 1.95 bits per heavy atom. The van der Waals surface area contributed by atoms with E-state index in [4.69, 9.17) is 0 Å². The van der Waals surface area contributed by atoms with Gasteiger partial charge in [0.05, 0.1) is 6.54 Å². The summed E-state index contributed by atoms with van der Waals surface area (Å²) >= 11 is 1.76. The Hall–Kier alpha value is -1.07. The molecule has 0 radical (unpaired) electrons. The van der Waals surface area contributed by atoms with Crippen molar-refractivity contribution in [2.45, 2.75) is 46.3 Å². The molecule has 0 unspecified atom stereocenters. The van der Waals surface area contributed by atoms with Gasteiger partial charge < -0.3 is 10.6 Å². The number of nitrogens with one attached hydrogen (secondary N) is 2. The predicted molar refractivity (Wildman–Crippen MR) is 89.5 cm³/mol. The molecule has 0 aliphatic heterocycles. The van der Waals surface area contributed by atoms with Crippen LogP contribution in [0.2, 0.25) is 0 Å². The van der Waals surface area contributed by atoms with Crippen molar-refractivity contribution < 1.29 is 0 Å². The Balaban J connectivity index is 2.31. The maximum Gasteiger partial charge on any atom is 0.191 e. The summed E-state index contributed by atoms with van der Waals surface area (Å²) in [6.07, 6.45) is 0. The fourth-order valence-corrected chi connectivity index (χ4v) is 2.87. The van der Waals surface area contributed by atoms with Gasteiger partial charge in [0.1, 0.15) is 0 Å². The van der Waals surface area contributed by atoms with Crippen LogP contribution in [0.5, 0.6) is 0 Å². The van der Waals surface area contributed by atoms with E-state index in [9.17, 15) is 0 Å². The topological polar surface area (TPSA) is 39.7 Å². The zero-order valence-corrected chi connectivity index (χ0v) is 14.1. The van der Waals surface area contributed by atoms with Gasteiger partial charge in [-0.25, -0.2) is 0 Å². The van der Waals surface area contributed by atoms with E-state index < -0.39 is 0 Å². The monoisotopic (exact) mass is 296 g/mol. The first-order chi connectivity index (χ1) is 9.54. The SMILES string of the molecule is CN=C(NCCN(C(C)C)C(C)C)NCc1cccs1. The molecule has 0 bridgehead atoms. The number of hydrogen-bond acceptors (Lipinski definition) is 3. The lowest BCUT2D eigenvalue weighted by Gasteiger charge is -2.30. The quantitative estimate of drug-likeness (QED) is 0.600. The van der Waals surface area contributed by atoms with E-state index in [1.165, 1.54) is 4.88 Å². The Morgan fingerprint density at radius 3 is 2.45 bits per heavy atom. The molecule has 0 atom stereocenters. The minimum Gasteiger partial charge on any atom is -0.355 e. The molecule has 114 valence electrons. The number of hydrogen-bond donors (Lipinski definition) is 2. The van der Waals surface area contributed by atoms with Crippen molar-refractivity contribution in [3.05, 3.63) is 22.4 Å². The van der Waals surface area contributed by atoms with Gasteiger partial charge in [-0.2, -0.15) is 0 Å². The van der Waals surface area contributed by atoms with Crippen LogP contribution in [-0.4, -0.2) is 43.1 Å². The second kappa shape index (κ2) is 8.97. The van der Waals surface area contributed by atoms with Crippen LogP contribution in [0.25, 0.3) is 0 Å². The van der Waals surface area contributed by atoms with E-state index in [1.807, 2.05) is 7.05 Å². The fraction of sp³-hybridized carbons (Fsp3) is 0.667. The lowest BCUT2D eigenvalue weighted by atomic mass is 10.2. The van der Waals surface area contributed by atoms with Crippen LogP contribution in [0, 0.1) is 0 Å². The van der Waals surface area contributed by atoms with Crippen molar-refractivity contribution in [3.8, 4) is 0 Å². The Bertz CT molecular complexity index is 377. The molecule has 2 N–H and O–H groups in total. The summed E-state index contributed by atoms with van der Waals surface area (Å²) in [6.45, 7) is 11.7. The molecule has 0 aliphatic carbocycles. The molecule has 0 aliphatic rings. The van der Waals surface area contributed by atoms with Gasteiger partial charge in [-0.15, -0.1) is 11.3 Å². The third-order valence-electron chi connectivity index (χ3n) is 3.22. The summed E-state index contributed by atoms with van der Waals surface area (Å²) in [6, 6.07) is 5.33. The van der Waals surface area contributed by atoms with Crippen LogP contribution in [0.3, 0.4) is 0 Å². The largest absolute Gasteiger partial charge is 0.355 e. The number of thiophene rings is 1. The Kier molecular flexibility index (Phi) is 7.62. The summed E-state index contributed by atoms with van der Waals surface area (Å²) in [7, 11) is 1.81. The summed E-state index contributed by atoms with van der Waals surface area (Å²) < 4.78 is 0. The van der Waals surface area contributed by atoms with Crippen molar-refractivity contribution in [1.82, 2.24) is 15.5 Å². The molecule has 1 aromatic heterocycles. The van der Waals surface area contributed by atoms with Crippen LogP contribution in [0.15, 0.2) is 22.5 Å². The lowest BCUT2D eigenvalue weighted by Crippen LogP contribution is -2.45. The summed E-state index contributed by atoms with van der Waals surface area (Å²) in [5, 5.41) is 8.80. The zero-order valence-electron chi connectivity index (χ0n) is 13.3. The third kappa shape index (κ3) is 5.92. The van der Waals surface area contributed by atoms with Gasteiger partial charge in [-0.1, -0.05) is 6.07 Å². The molecule has 5 heteroatoms. The van der Waals surface area contributed by atoms with E-state index in [1.54, 1.807) is 11.3 Å². The Labute approximate surface area is 127 Å². The van der Waals surface area contributed by atoms with Gasteiger partial charge >= 0.3 is 0 Å². The summed E-state index contributed by atoms with van der Waals surface area (Å²) in [5.74, 6) is 0.867. The molecule has 1 heterocycles. The molecule has 1 aromatic rings. The highest BCUT2D eigenvalue weighted by Crippen LogP contribution is 2.07. The van der Waals surface area contributed by atoms with E-state index in [2.05, 4.69) is 65.7 Å². The van der Waals surface area contributed by atoms with Crippen LogP contribution >= 0.6 is 11.3 Å². The van der Waals surface area contributed by atoms with Crippen LogP contribution in [0.4, 0.5) is 0 Å². The van der Waals surface area contributed by atoms with E-state index in [-0.39, 0.29) is 0 Å². The van der Waals surface area contributed by atoms with E-state index in [0.717, 1.165) is 25.6 Å². The standard InChI is InChI=1S/C15H28N4S/c1-12(2)19(13(3)4)9-8-17-15(16-5)18-11-14-7-6-10-20-14/h6-7,10,12-13H,8-9,11H2,1-5H3,(H2,16,17,18). The molecule has 0 aromatic carbocycles. The molecule has 0 saturated heterocycles. The average molecular weight is 296 g/mol. The number of nitrogens with zero attached hydrogens (tertiary/aromatic N) is 2. The minimum absolute atomic E-state index is 0.567. The highest BCUT2D eigenvalue weighted by atomic mass is 32.1. The first-order valence-corrected chi connectivity index (χ1v) is 8.15. The predicted octanol–water partition coefficient (Wildman–Crippen LogP) is 2.53. The van der Waals surface area contributed by atoms with Crippen molar-refractivity contribution in [2.24, 2.45) is 4.99 Å². The van der Waals surface area contributed by atoms with Crippen LogP contribution in [0.1, 0.15) is 32.6 Å². The fourth-order valence-electron chi connectivity index (χ4n) is 2.22. The molecule has 0 saturated carbocycles. The van der Waals surface area contributed by atoms with Crippen molar-refractivity contribution in [1.29, 1.82) is 0 Å². The molecule has 0 fully saturated rings. The van der Waals surface area contributed by atoms with Gasteiger partial charge in [0, 0.05) is 37.1 Å². The van der Waals surface area contributed by atoms with Crippen molar-refractivity contribution in [3.63, 3.8) is 0 Å². The number of aliphatic imine (C=N–C) groups is 1. The highest BCUT2D eigenvalue weighted by molar-refractivity contribution is 7.09. The summed E-state index contributed by atoms with van der Waals surface area (Å²) in [5.41, 5.74) is 0. The van der Waals surface area contributed by atoms with Crippen LogP contribution < -0.4 is 10.6 Å². The van der Waals surface area contributed by atoms with Crippen molar-refractivity contribution >= 4 is 17.3 Å². The number of guanidine groups is 1. The molecule has 20 heavy (non-hydrogen) atoms. The van der Waals surface area contributed by atoms with Gasteiger partial charge in [0.2, 0.25) is 0 Å². The van der Waals surface area contributed by atoms with Gasteiger partial charge in [-0.05, 0) is 39.1 Å². The zero-order chi connectivity index (χ0) is 15.0. The van der Waals surface area contributed by atoms with E-state index in [0.29, 0.717) is 12.1 Å². The smallest absolute Gasteiger partial charge is 0.191 e. The number of rotatable bonds is 7. The maximum atomic E-state index is 4.25. The van der Waals surface area contributed by atoms with Gasteiger partial charge in [-0.3, -0.25) is 9.89 Å². The average Bonchev–Trinajstić information content (AvgIpc) is 2.90. The highest BCUT2D eigenvalue weighted by Gasteiger charge is 2.12. The molecular weight excluding hydrogens is 268 g/mol. The molecule has 4 nitrogen and oxygen atoms in total. The molecule has 0 amide bonds. The molecule has 0 spiro atoms. The summed E-state index contributed by atoms with van der Waals surface area (Å²) in [4.78, 5) is 8.04. The first-order valence-electron chi connectivity index (χ1n) is 7.27. The second-order valence-electron chi connectivity index (χ2n) is 5.36. The van der Waals surface area contributed by atoms with Crippen molar-refractivity contribution in [2.75, 3.05) is 20.1 Å². The Morgan fingerprint density at radius 1 is 1.25 bits per heavy atom. The van der Waals surface area contributed by atoms with E-state index >= 15 is 0 Å².